The average Bonchev–Trinajstić information content (AvgIpc) is 2.96. The fourth-order valence-corrected chi connectivity index (χ4v) is 3.73. The second-order valence-electron chi connectivity index (χ2n) is 5.20. The molecular formula is C15H17BrN2OS. The van der Waals surface area contributed by atoms with E-state index in [1.54, 1.807) is 11.8 Å². The number of hydrogen-bond donors (Lipinski definition) is 0. The second kappa shape index (κ2) is 6.76. The van der Waals surface area contributed by atoms with Crippen LogP contribution in [0, 0.1) is 5.92 Å². The molecule has 0 saturated heterocycles. The van der Waals surface area contributed by atoms with Crippen LogP contribution in [0.4, 0.5) is 0 Å². The maximum Gasteiger partial charge on any atom is 0.276 e. The van der Waals surface area contributed by atoms with Crippen molar-refractivity contribution in [2.45, 2.75) is 37.3 Å². The fourth-order valence-electron chi connectivity index (χ4n) is 2.52. The molecule has 1 aromatic carbocycles. The monoisotopic (exact) mass is 352 g/mol. The van der Waals surface area contributed by atoms with E-state index in [0.29, 0.717) is 11.1 Å². The third kappa shape index (κ3) is 3.64. The van der Waals surface area contributed by atoms with E-state index in [1.807, 2.05) is 24.3 Å². The lowest BCUT2D eigenvalue weighted by molar-refractivity contribution is 0.389. The highest BCUT2D eigenvalue weighted by Crippen LogP contribution is 2.30. The van der Waals surface area contributed by atoms with Crippen molar-refractivity contribution in [3.63, 3.8) is 0 Å². The lowest BCUT2D eigenvalue weighted by Gasteiger charge is -2.19. The van der Waals surface area contributed by atoms with Crippen molar-refractivity contribution in [1.82, 2.24) is 10.2 Å². The topological polar surface area (TPSA) is 38.9 Å². The van der Waals surface area contributed by atoms with Crippen molar-refractivity contribution in [1.29, 1.82) is 0 Å². The molecule has 3 nitrogen and oxygen atoms in total. The highest BCUT2D eigenvalue weighted by Gasteiger charge is 2.16. The Hall–Kier alpha value is -0.810. The fraction of sp³-hybridized carbons (Fsp3) is 0.467. The van der Waals surface area contributed by atoms with Crippen LogP contribution in [0.25, 0.3) is 11.5 Å². The molecule has 0 aliphatic heterocycles. The standard InChI is InChI=1S/C15H17BrN2OS/c16-13-8-6-12(7-9-13)14-17-18-15(19-14)20-10-11-4-2-1-3-5-11/h6-9,11H,1-5,10H2. The number of benzene rings is 1. The first-order valence-corrected chi connectivity index (χ1v) is 8.81. The maximum absolute atomic E-state index is 5.73. The lowest BCUT2D eigenvalue weighted by Crippen LogP contribution is -2.08. The van der Waals surface area contributed by atoms with Gasteiger partial charge in [0.1, 0.15) is 0 Å². The zero-order chi connectivity index (χ0) is 13.8. The van der Waals surface area contributed by atoms with Crippen molar-refractivity contribution in [3.05, 3.63) is 28.7 Å². The number of hydrogen-bond acceptors (Lipinski definition) is 4. The summed E-state index contributed by atoms with van der Waals surface area (Å²) in [7, 11) is 0. The van der Waals surface area contributed by atoms with Gasteiger partial charge in [-0.25, -0.2) is 0 Å². The molecule has 1 aromatic heterocycles. The highest BCUT2D eigenvalue weighted by atomic mass is 79.9. The molecule has 0 radical (unpaired) electrons. The van der Waals surface area contributed by atoms with Crippen molar-refractivity contribution >= 4 is 27.7 Å². The molecule has 1 aliphatic rings. The van der Waals surface area contributed by atoms with Gasteiger partial charge in [-0.15, -0.1) is 10.2 Å². The number of aromatic nitrogens is 2. The third-order valence-corrected chi connectivity index (χ3v) is 5.24. The summed E-state index contributed by atoms with van der Waals surface area (Å²) in [5.74, 6) is 2.52. The van der Waals surface area contributed by atoms with Crippen molar-refractivity contribution in [2.24, 2.45) is 5.92 Å². The Balaban J connectivity index is 1.60. The summed E-state index contributed by atoms with van der Waals surface area (Å²) in [5.41, 5.74) is 0.963. The van der Waals surface area contributed by atoms with Crippen LogP contribution in [0.3, 0.4) is 0 Å². The molecular weight excluding hydrogens is 336 g/mol. The number of nitrogens with zero attached hydrogens (tertiary/aromatic N) is 2. The van der Waals surface area contributed by atoms with Crippen LogP contribution in [0.5, 0.6) is 0 Å². The quantitative estimate of drug-likeness (QED) is 0.711. The van der Waals surface area contributed by atoms with Gasteiger partial charge in [0.05, 0.1) is 0 Å². The maximum atomic E-state index is 5.73. The first-order chi connectivity index (χ1) is 9.81. The van der Waals surface area contributed by atoms with E-state index in [4.69, 9.17) is 4.42 Å². The van der Waals surface area contributed by atoms with E-state index < -0.39 is 0 Å². The number of rotatable bonds is 4. The van der Waals surface area contributed by atoms with Crippen molar-refractivity contribution in [3.8, 4) is 11.5 Å². The minimum atomic E-state index is 0.601. The molecule has 106 valence electrons. The SMILES string of the molecule is Brc1ccc(-c2nnc(SCC3CCCCC3)o2)cc1. The minimum absolute atomic E-state index is 0.601. The molecule has 1 aliphatic carbocycles. The zero-order valence-electron chi connectivity index (χ0n) is 11.2. The van der Waals surface area contributed by atoms with Crippen LogP contribution in [0.2, 0.25) is 0 Å². The van der Waals surface area contributed by atoms with E-state index >= 15 is 0 Å². The van der Waals surface area contributed by atoms with Gasteiger partial charge in [-0.1, -0.05) is 47.0 Å². The van der Waals surface area contributed by atoms with Gasteiger partial charge in [-0.05, 0) is 43.0 Å². The van der Waals surface area contributed by atoms with Gasteiger partial charge in [0, 0.05) is 15.8 Å². The molecule has 0 amide bonds. The van der Waals surface area contributed by atoms with Gasteiger partial charge >= 0.3 is 0 Å². The Morgan fingerprint density at radius 2 is 1.85 bits per heavy atom. The van der Waals surface area contributed by atoms with E-state index in [9.17, 15) is 0 Å². The van der Waals surface area contributed by atoms with Gasteiger partial charge < -0.3 is 4.42 Å². The molecule has 0 atom stereocenters. The Kier molecular flexibility index (Phi) is 4.78. The van der Waals surface area contributed by atoms with Gasteiger partial charge in [0.25, 0.3) is 5.22 Å². The molecule has 0 N–H and O–H groups in total. The first kappa shape index (κ1) is 14.1. The molecule has 0 spiro atoms. The molecule has 1 fully saturated rings. The number of halogens is 1. The Labute approximate surface area is 131 Å². The highest BCUT2D eigenvalue weighted by molar-refractivity contribution is 9.10. The molecule has 1 heterocycles. The molecule has 2 aromatic rings. The van der Waals surface area contributed by atoms with Crippen LogP contribution in [0.15, 0.2) is 38.4 Å². The zero-order valence-corrected chi connectivity index (χ0v) is 13.6. The second-order valence-corrected chi connectivity index (χ2v) is 7.08. The van der Waals surface area contributed by atoms with Crippen LogP contribution < -0.4 is 0 Å². The summed E-state index contributed by atoms with van der Waals surface area (Å²) >= 11 is 5.12. The van der Waals surface area contributed by atoms with Gasteiger partial charge in [-0.2, -0.15) is 0 Å². The summed E-state index contributed by atoms with van der Waals surface area (Å²) in [4.78, 5) is 0. The van der Waals surface area contributed by atoms with Crippen LogP contribution in [-0.4, -0.2) is 16.0 Å². The molecule has 3 rings (SSSR count). The third-order valence-electron chi connectivity index (χ3n) is 3.66. The van der Waals surface area contributed by atoms with Crippen molar-refractivity contribution in [2.75, 3.05) is 5.75 Å². The Bertz CT molecular complexity index is 549. The molecule has 0 unspecified atom stereocenters. The van der Waals surface area contributed by atoms with E-state index in [0.717, 1.165) is 21.7 Å². The lowest BCUT2D eigenvalue weighted by atomic mass is 9.91. The normalized spacial score (nSPS) is 16.4. The Morgan fingerprint density at radius 3 is 2.60 bits per heavy atom. The average molecular weight is 353 g/mol. The van der Waals surface area contributed by atoms with Gasteiger partial charge in [0.15, 0.2) is 0 Å². The Morgan fingerprint density at radius 1 is 1.10 bits per heavy atom. The summed E-state index contributed by atoms with van der Waals surface area (Å²) in [6.45, 7) is 0. The van der Waals surface area contributed by atoms with Crippen molar-refractivity contribution < 1.29 is 4.42 Å². The van der Waals surface area contributed by atoms with Gasteiger partial charge in [-0.3, -0.25) is 0 Å². The first-order valence-electron chi connectivity index (χ1n) is 7.03. The predicted molar refractivity (Wildman–Crippen MR) is 84.7 cm³/mol. The largest absolute Gasteiger partial charge is 0.411 e. The number of thioether (sulfide) groups is 1. The molecule has 5 heteroatoms. The van der Waals surface area contributed by atoms with Crippen LogP contribution in [-0.2, 0) is 0 Å². The summed E-state index contributed by atoms with van der Waals surface area (Å²) in [5, 5.41) is 8.95. The van der Waals surface area contributed by atoms with E-state index in [-0.39, 0.29) is 0 Å². The summed E-state index contributed by atoms with van der Waals surface area (Å²) < 4.78 is 6.77. The molecule has 1 saturated carbocycles. The minimum Gasteiger partial charge on any atom is -0.411 e. The molecule has 20 heavy (non-hydrogen) atoms. The summed E-state index contributed by atoms with van der Waals surface area (Å²) in [6.07, 6.45) is 6.84. The summed E-state index contributed by atoms with van der Waals surface area (Å²) in [6, 6.07) is 7.92. The van der Waals surface area contributed by atoms with Crippen LogP contribution >= 0.6 is 27.7 Å². The van der Waals surface area contributed by atoms with Gasteiger partial charge in [0.2, 0.25) is 5.89 Å². The molecule has 0 bridgehead atoms. The predicted octanol–water partition coefficient (Wildman–Crippen LogP) is 5.17. The van der Waals surface area contributed by atoms with Crippen LogP contribution in [0.1, 0.15) is 32.1 Å². The van der Waals surface area contributed by atoms with E-state index in [2.05, 4.69) is 26.1 Å². The smallest absolute Gasteiger partial charge is 0.276 e. The van der Waals surface area contributed by atoms with E-state index in [1.165, 1.54) is 32.1 Å².